The zero-order valence-corrected chi connectivity index (χ0v) is 16.1. The van der Waals surface area contributed by atoms with Gasteiger partial charge < -0.3 is 15.3 Å². The molecule has 3 rings (SSSR count). The second kappa shape index (κ2) is 7.82. The number of phenolic OH excluding ortho intramolecular Hbond substituents is 1. The lowest BCUT2D eigenvalue weighted by atomic mass is 9.94. The molecule has 0 radical (unpaired) electrons. The number of hydrogen-bond acceptors (Lipinski definition) is 3. The van der Waals surface area contributed by atoms with Crippen molar-refractivity contribution in [1.82, 2.24) is 10.2 Å². The Bertz CT molecular complexity index is 859. The lowest BCUT2D eigenvalue weighted by Crippen LogP contribution is -2.44. The van der Waals surface area contributed by atoms with E-state index in [1.54, 1.807) is 18.0 Å². The molecular weight excluding hydrogens is 340 g/mol. The summed E-state index contributed by atoms with van der Waals surface area (Å²) in [5, 5.41) is 12.5. The zero-order chi connectivity index (χ0) is 19.6. The molecule has 0 aliphatic carbocycles. The Labute approximate surface area is 160 Å². The number of nitrogens with zero attached hydrogens (tertiary/aromatic N) is 1. The van der Waals surface area contributed by atoms with E-state index in [0.29, 0.717) is 24.4 Å². The van der Waals surface area contributed by atoms with Gasteiger partial charge in [0.15, 0.2) is 0 Å². The van der Waals surface area contributed by atoms with Crippen LogP contribution < -0.4 is 5.32 Å². The molecule has 5 nitrogen and oxygen atoms in total. The molecule has 27 heavy (non-hydrogen) atoms. The van der Waals surface area contributed by atoms with Crippen molar-refractivity contribution in [2.45, 2.75) is 26.7 Å². The van der Waals surface area contributed by atoms with Crippen LogP contribution in [0, 0.1) is 19.8 Å². The third kappa shape index (κ3) is 3.82. The van der Waals surface area contributed by atoms with Gasteiger partial charge >= 0.3 is 0 Å². The van der Waals surface area contributed by atoms with Gasteiger partial charge in [-0.25, -0.2) is 0 Å². The second-order valence-corrected chi connectivity index (χ2v) is 7.16. The van der Waals surface area contributed by atoms with Crippen molar-refractivity contribution in [3.8, 4) is 16.9 Å². The fraction of sp³-hybridized carbons (Fsp3) is 0.364. The highest BCUT2D eigenvalue weighted by Crippen LogP contribution is 2.30. The van der Waals surface area contributed by atoms with Crippen LogP contribution >= 0.6 is 0 Å². The lowest BCUT2D eigenvalue weighted by Gasteiger charge is -2.32. The zero-order valence-electron chi connectivity index (χ0n) is 16.1. The van der Waals surface area contributed by atoms with E-state index < -0.39 is 0 Å². The smallest absolute Gasteiger partial charge is 0.253 e. The highest BCUT2D eigenvalue weighted by Gasteiger charge is 2.28. The molecule has 1 aliphatic rings. The molecular formula is C22H26N2O3. The monoisotopic (exact) mass is 366 g/mol. The molecule has 0 bridgehead atoms. The van der Waals surface area contributed by atoms with E-state index in [0.717, 1.165) is 35.1 Å². The van der Waals surface area contributed by atoms with Crippen LogP contribution in [0.3, 0.4) is 0 Å². The van der Waals surface area contributed by atoms with Crippen molar-refractivity contribution in [2.24, 2.45) is 5.92 Å². The molecule has 2 aromatic carbocycles. The largest absolute Gasteiger partial charge is 0.508 e. The van der Waals surface area contributed by atoms with Crippen molar-refractivity contribution < 1.29 is 14.7 Å². The van der Waals surface area contributed by atoms with Gasteiger partial charge in [0.1, 0.15) is 5.75 Å². The quantitative estimate of drug-likeness (QED) is 0.876. The summed E-state index contributed by atoms with van der Waals surface area (Å²) in [5.41, 5.74) is 4.57. The van der Waals surface area contributed by atoms with Crippen molar-refractivity contribution >= 4 is 11.8 Å². The molecule has 1 aliphatic heterocycles. The van der Waals surface area contributed by atoms with Crippen LogP contribution in [0.15, 0.2) is 36.4 Å². The van der Waals surface area contributed by atoms with Gasteiger partial charge in [0.05, 0.1) is 5.92 Å². The summed E-state index contributed by atoms with van der Waals surface area (Å²) in [6.45, 7) is 5.03. The summed E-state index contributed by atoms with van der Waals surface area (Å²) in [5.74, 6) is 0.128. The van der Waals surface area contributed by atoms with E-state index >= 15 is 0 Å². The Morgan fingerprint density at radius 1 is 1.07 bits per heavy atom. The molecule has 0 unspecified atom stereocenters. The maximum atomic E-state index is 12.8. The predicted molar refractivity (Wildman–Crippen MR) is 106 cm³/mol. The summed E-state index contributed by atoms with van der Waals surface area (Å²) in [7, 11) is 1.63. The first-order valence-corrected chi connectivity index (χ1v) is 9.33. The van der Waals surface area contributed by atoms with E-state index in [9.17, 15) is 14.7 Å². The van der Waals surface area contributed by atoms with Crippen LogP contribution in [0.5, 0.6) is 5.75 Å². The van der Waals surface area contributed by atoms with Gasteiger partial charge in [-0.3, -0.25) is 9.59 Å². The number of phenols is 1. The number of amides is 2. The Morgan fingerprint density at radius 3 is 2.44 bits per heavy atom. The minimum Gasteiger partial charge on any atom is -0.508 e. The van der Waals surface area contributed by atoms with Gasteiger partial charge in [0.2, 0.25) is 5.91 Å². The number of aromatic hydroxyl groups is 1. The molecule has 5 heteroatoms. The highest BCUT2D eigenvalue weighted by atomic mass is 16.3. The molecule has 2 aromatic rings. The number of piperidine rings is 1. The normalized spacial score (nSPS) is 16.9. The maximum Gasteiger partial charge on any atom is 0.253 e. The average Bonchev–Trinajstić information content (AvgIpc) is 2.71. The Morgan fingerprint density at radius 2 is 1.78 bits per heavy atom. The van der Waals surface area contributed by atoms with Gasteiger partial charge in [-0.15, -0.1) is 0 Å². The third-order valence-corrected chi connectivity index (χ3v) is 5.53. The average molecular weight is 366 g/mol. The summed E-state index contributed by atoms with van der Waals surface area (Å²) >= 11 is 0. The van der Waals surface area contributed by atoms with Crippen molar-refractivity contribution in [3.63, 3.8) is 0 Å². The number of hydrogen-bond donors (Lipinski definition) is 2. The standard InChI is InChI=1S/C22H26N2O3/c1-14-15(2)20(25)11-10-19(14)16-6-8-17(9-7-16)22(27)24-12-4-5-18(13-24)21(26)23-3/h6-11,18,25H,4-5,12-13H2,1-3H3,(H,23,26)/t18-/m1/s1. The minimum atomic E-state index is -0.130. The van der Waals surface area contributed by atoms with Crippen molar-refractivity contribution in [2.75, 3.05) is 20.1 Å². The van der Waals surface area contributed by atoms with Gasteiger partial charge in [-0.2, -0.15) is 0 Å². The van der Waals surface area contributed by atoms with Crippen LogP contribution in [0.25, 0.3) is 11.1 Å². The molecule has 1 saturated heterocycles. The number of carbonyl (C=O) groups is 2. The van der Waals surface area contributed by atoms with Crippen LogP contribution in [0.2, 0.25) is 0 Å². The van der Waals surface area contributed by atoms with E-state index in [1.807, 2.05) is 44.2 Å². The first-order chi connectivity index (χ1) is 12.9. The summed E-state index contributed by atoms with van der Waals surface area (Å²) < 4.78 is 0. The predicted octanol–water partition coefficient (Wildman–Crippen LogP) is 3.27. The topological polar surface area (TPSA) is 69.6 Å². The molecule has 0 spiro atoms. The first-order valence-electron chi connectivity index (χ1n) is 9.33. The molecule has 142 valence electrons. The fourth-order valence-corrected chi connectivity index (χ4v) is 3.67. The van der Waals surface area contributed by atoms with Gasteiger partial charge in [0, 0.05) is 25.7 Å². The van der Waals surface area contributed by atoms with Gasteiger partial charge in [-0.05, 0) is 67.1 Å². The van der Waals surface area contributed by atoms with Crippen molar-refractivity contribution in [3.05, 3.63) is 53.1 Å². The number of carbonyl (C=O) groups excluding carboxylic acids is 2. The van der Waals surface area contributed by atoms with Crippen LogP contribution in [0.1, 0.15) is 34.3 Å². The number of nitrogens with one attached hydrogen (secondary N) is 1. The van der Waals surface area contributed by atoms with E-state index in [1.165, 1.54) is 0 Å². The number of rotatable bonds is 3. The molecule has 2 N–H and O–H groups in total. The Kier molecular flexibility index (Phi) is 5.49. The summed E-state index contributed by atoms with van der Waals surface area (Å²) in [6, 6.07) is 11.1. The van der Waals surface area contributed by atoms with E-state index in [4.69, 9.17) is 0 Å². The number of likely N-dealkylation sites (tertiary alicyclic amines) is 1. The lowest BCUT2D eigenvalue weighted by molar-refractivity contribution is -0.125. The minimum absolute atomic E-state index is 0.000947. The van der Waals surface area contributed by atoms with E-state index in [2.05, 4.69) is 5.32 Å². The molecule has 1 heterocycles. The maximum absolute atomic E-state index is 12.8. The van der Waals surface area contributed by atoms with Crippen LogP contribution in [-0.4, -0.2) is 42.0 Å². The number of benzene rings is 2. The van der Waals surface area contributed by atoms with Crippen LogP contribution in [0.4, 0.5) is 0 Å². The van der Waals surface area contributed by atoms with Gasteiger partial charge in [-0.1, -0.05) is 18.2 Å². The summed E-state index contributed by atoms with van der Waals surface area (Å²) in [6.07, 6.45) is 1.66. The second-order valence-electron chi connectivity index (χ2n) is 7.16. The molecule has 0 saturated carbocycles. The fourth-order valence-electron chi connectivity index (χ4n) is 3.67. The summed E-state index contributed by atoms with van der Waals surface area (Å²) in [4.78, 5) is 26.5. The van der Waals surface area contributed by atoms with E-state index in [-0.39, 0.29) is 17.7 Å². The van der Waals surface area contributed by atoms with Crippen molar-refractivity contribution in [1.29, 1.82) is 0 Å². The highest BCUT2D eigenvalue weighted by molar-refractivity contribution is 5.95. The Hall–Kier alpha value is -2.82. The first kappa shape index (κ1) is 19.0. The molecule has 0 aromatic heterocycles. The van der Waals surface area contributed by atoms with Crippen LogP contribution in [-0.2, 0) is 4.79 Å². The Balaban J connectivity index is 1.78. The van der Waals surface area contributed by atoms with Gasteiger partial charge in [0.25, 0.3) is 5.91 Å². The molecule has 2 amide bonds. The molecule has 1 fully saturated rings. The molecule has 1 atom stereocenters. The third-order valence-electron chi connectivity index (χ3n) is 5.53. The SMILES string of the molecule is CNC(=O)[C@@H]1CCCN(C(=O)c2ccc(-c3ccc(O)c(C)c3C)cc2)C1.